The highest BCUT2D eigenvalue weighted by molar-refractivity contribution is 6.32. The van der Waals surface area contributed by atoms with E-state index in [0.29, 0.717) is 135 Å². The van der Waals surface area contributed by atoms with Gasteiger partial charge >= 0.3 is 30.7 Å². The van der Waals surface area contributed by atoms with Crippen LogP contribution < -0.4 is 58.5 Å². The summed E-state index contributed by atoms with van der Waals surface area (Å²) >= 11 is 5.28. The van der Waals surface area contributed by atoms with Crippen molar-refractivity contribution in [3.8, 4) is 11.8 Å². The summed E-state index contributed by atoms with van der Waals surface area (Å²) in [5.74, 6) is -4.76. The minimum atomic E-state index is -4.74. The van der Waals surface area contributed by atoms with Gasteiger partial charge in [-0.05, 0) is 201 Å². The van der Waals surface area contributed by atoms with E-state index in [9.17, 15) is 91.0 Å². The number of nitrogens with one attached hydrogen (secondary N) is 7. The van der Waals surface area contributed by atoms with Crippen LogP contribution in [0.3, 0.4) is 0 Å². The summed E-state index contributed by atoms with van der Waals surface area (Å²) in [5.41, 5.74) is 6.82. The number of nitrogens with two attached hydrogens (primary N) is 1. The largest absolute Gasteiger partial charge is 0.478 e. The number of carbonyl (C=O) groups excluding carboxylic acids is 3. The zero-order valence-corrected chi connectivity index (χ0v) is 70.6. The molecular formula is C87H70ClF12N21O13. The van der Waals surface area contributed by atoms with Crippen LogP contribution in [0.25, 0.3) is 65.9 Å². The van der Waals surface area contributed by atoms with Crippen molar-refractivity contribution in [3.05, 3.63) is 296 Å². The van der Waals surface area contributed by atoms with E-state index in [4.69, 9.17) is 41.6 Å². The molecule has 12 aromatic heterocycles. The Hall–Kier alpha value is -16.1. The number of nitrogens with zero attached hydrogens (tertiary/aromatic N) is 13. The fraction of sp³-hybridized carbons (Fsp3) is 0.195. The molecule has 2 fully saturated rings. The van der Waals surface area contributed by atoms with Gasteiger partial charge in [-0.25, -0.2) is 34.7 Å². The van der Waals surface area contributed by atoms with Crippen molar-refractivity contribution in [1.82, 2.24) is 80.2 Å². The molecule has 134 heavy (non-hydrogen) atoms. The Labute approximate surface area is 748 Å². The molecule has 34 nitrogen and oxygen atoms in total. The van der Waals surface area contributed by atoms with Crippen molar-refractivity contribution in [3.63, 3.8) is 0 Å². The molecule has 0 bridgehead atoms. The first kappa shape index (κ1) is 95.5. The van der Waals surface area contributed by atoms with Crippen LogP contribution in [0, 0.1) is 27.7 Å². The highest BCUT2D eigenvalue weighted by Crippen LogP contribution is 2.38. The van der Waals surface area contributed by atoms with Gasteiger partial charge in [-0.3, -0.25) is 33.6 Å². The predicted octanol–water partition coefficient (Wildman–Crippen LogP) is 15.4. The van der Waals surface area contributed by atoms with Gasteiger partial charge in [-0.15, -0.1) is 10.2 Å². The molecular weight excluding hydrogens is 1810 g/mol. The van der Waals surface area contributed by atoms with E-state index in [1.54, 1.807) is 105 Å². The summed E-state index contributed by atoms with van der Waals surface area (Å²) in [7, 11) is 0. The molecule has 2 aliphatic rings. The highest BCUT2D eigenvalue weighted by atomic mass is 35.5. The molecule has 47 heteroatoms. The van der Waals surface area contributed by atoms with Crippen LogP contribution in [0.2, 0.25) is 5.15 Å². The Morgan fingerprint density at radius 3 is 1.13 bits per heavy atom. The van der Waals surface area contributed by atoms with Gasteiger partial charge in [-0.1, -0.05) is 21.3 Å². The van der Waals surface area contributed by atoms with Crippen molar-refractivity contribution in [2.45, 2.75) is 71.7 Å². The average Bonchev–Trinajstić information content (AvgIpc) is 1.52. The molecule has 0 radical (unpaired) electrons. The number of hydrogen-bond donors (Lipinski definition) is 9. The molecule has 14 heterocycles. The van der Waals surface area contributed by atoms with E-state index < -0.39 is 104 Å². The van der Waals surface area contributed by atoms with Crippen molar-refractivity contribution in [2.75, 3.05) is 66.1 Å². The van der Waals surface area contributed by atoms with Crippen LogP contribution in [-0.4, -0.2) is 148 Å². The average molecular weight is 1880 g/mol. The number of rotatable bonds is 12. The Balaban J connectivity index is 0.000000146. The molecule has 4 aromatic carbocycles. The van der Waals surface area contributed by atoms with Gasteiger partial charge in [0.15, 0.2) is 0 Å². The zero-order valence-electron chi connectivity index (χ0n) is 69.8. The number of aryl methyl sites for hydroxylation is 4. The number of benzene rings is 4. The van der Waals surface area contributed by atoms with E-state index in [1.165, 1.54) is 62.0 Å². The smallest absolute Gasteiger partial charge is 0.417 e. The maximum Gasteiger partial charge on any atom is 0.417 e. The normalized spacial score (nSPS) is 12.8. The number of halogens is 13. The lowest BCUT2D eigenvalue weighted by Crippen LogP contribution is -2.38. The number of pyridine rings is 10. The molecule has 16 aromatic rings. The maximum absolute atomic E-state index is 13.3. The van der Waals surface area contributed by atoms with E-state index in [2.05, 4.69) is 86.4 Å². The first-order valence-electron chi connectivity index (χ1n) is 39.6. The maximum atomic E-state index is 13.3. The number of morpholine rings is 1. The molecule has 0 spiro atoms. The number of aromatic nitrogens is 16. The molecule has 0 atom stereocenters. The number of fused-ring (bicyclic) bond motifs is 6. The van der Waals surface area contributed by atoms with E-state index in [1.807, 2.05) is 19.1 Å². The van der Waals surface area contributed by atoms with Gasteiger partial charge in [0.2, 0.25) is 33.5 Å². The SMILES string of the molecule is C1CCOCC1.Cc1cc(=O)[nH]c2ccc(N)cc12.Cc1cc(=O)[nH]c2ccc(NC(=O)c3cc(C(F)(F)F)cnc3N3CCOCC3)cc12.Cc1cc(=O)[nH]c2ccc(NC(=O)c3cc(C(F)(F)F)cnc3On3nnc4cccnc43)cc12.Cc1cc(=O)[nH]c2ccc(NC(=O)c3cc(C(F)(F)F)cnc3On3nnc4cccnc43)cc12.O=C(O)c1cc(C(F)(F)F)cnc1Cl. The second kappa shape index (κ2) is 40.5. The third-order valence-corrected chi connectivity index (χ3v) is 20.1. The van der Waals surface area contributed by atoms with Crippen molar-refractivity contribution in [2.24, 2.45) is 0 Å². The highest BCUT2D eigenvalue weighted by Gasteiger charge is 2.38. The third kappa shape index (κ3) is 23.7. The minimum absolute atomic E-state index is 0.0743. The number of carboxylic acids is 1. The van der Waals surface area contributed by atoms with Crippen molar-refractivity contribution < 1.29 is 96.1 Å². The van der Waals surface area contributed by atoms with Gasteiger partial charge in [0.1, 0.15) is 33.1 Å². The third-order valence-electron chi connectivity index (χ3n) is 19.8. The number of anilines is 5. The van der Waals surface area contributed by atoms with Gasteiger partial charge < -0.3 is 70.8 Å². The summed E-state index contributed by atoms with van der Waals surface area (Å²) in [6.07, 6.45) is -9.58. The summed E-state index contributed by atoms with van der Waals surface area (Å²) in [6, 6.07) is 34.5. The zero-order chi connectivity index (χ0) is 96.3. The second-order valence-electron chi connectivity index (χ2n) is 29.4. The minimum Gasteiger partial charge on any atom is -0.478 e. The summed E-state index contributed by atoms with van der Waals surface area (Å²) in [5, 5.41) is 34.0. The van der Waals surface area contributed by atoms with Crippen LogP contribution in [0.5, 0.6) is 11.8 Å². The Morgan fingerprint density at radius 1 is 0.425 bits per heavy atom. The first-order valence-corrected chi connectivity index (χ1v) is 40.0. The Morgan fingerprint density at radius 2 is 0.769 bits per heavy atom. The summed E-state index contributed by atoms with van der Waals surface area (Å²) in [6.45, 7) is 10.7. The number of nitrogen functional groups attached to an aromatic ring is 1. The summed E-state index contributed by atoms with van der Waals surface area (Å²) in [4.78, 5) is 143. The number of alkyl halides is 12. The number of carboxylic acid groups (broad SMARTS) is 1. The van der Waals surface area contributed by atoms with Gasteiger partial charge in [0, 0.05) is 154 Å². The number of hydrogen-bond acceptors (Lipinski definition) is 24. The van der Waals surface area contributed by atoms with Crippen LogP contribution >= 0.6 is 11.6 Å². The van der Waals surface area contributed by atoms with Gasteiger partial charge in [-0.2, -0.15) is 52.7 Å². The number of amides is 3. The van der Waals surface area contributed by atoms with Crippen molar-refractivity contribution in [1.29, 1.82) is 0 Å². The van der Waals surface area contributed by atoms with Crippen LogP contribution in [-0.2, 0) is 34.2 Å². The lowest BCUT2D eigenvalue weighted by Gasteiger charge is -2.29. The van der Waals surface area contributed by atoms with E-state index in [-0.39, 0.29) is 56.3 Å². The van der Waals surface area contributed by atoms with Gasteiger partial charge in [0.05, 0.1) is 46.6 Å². The lowest BCUT2D eigenvalue weighted by molar-refractivity contribution is -0.138. The van der Waals surface area contributed by atoms with Gasteiger partial charge in [0.25, 0.3) is 29.5 Å². The molecule has 18 rings (SSSR count). The molecule has 0 unspecified atom stereocenters. The first-order chi connectivity index (χ1) is 63.6. The number of aromatic amines is 4. The Bertz CT molecular complexity index is 7150. The number of carbonyl (C=O) groups is 4. The fourth-order valence-electron chi connectivity index (χ4n) is 13.2. The fourth-order valence-corrected chi connectivity index (χ4v) is 13.4. The summed E-state index contributed by atoms with van der Waals surface area (Å²) < 4.78 is 166. The molecule has 0 saturated carbocycles. The topological polar surface area (TPSA) is 461 Å². The standard InChI is InChI=1S/2C22H14F3N7O3.C21H19F3N4O3.C10H10N2O.C7H3ClF3NO2.C5H10O/c2*1-11-7-18(33)29-16-5-4-13(9-14(11)16)28-20(34)15-8-12(22(23,24)25)10-27-21(15)35-32-19-17(30-31-32)3-2-6-26-19;1-12-8-18(29)27-17-3-2-14(10-15(12)17)26-20(30)16-9-13(21(22,23)24)11-25-19(16)28-4-6-31-7-5-28;1-6-4-10(13)12-9-3-2-7(11)5-8(6)9;8-5-4(6(13)14)1-3(2-12-5)7(9,10)11;1-2-4-6-5-3-1/h2*2-10H,1H3,(H,28,34)(H,29,33);2-3,8-11H,4-7H2,1H3,(H,26,30)(H,27,29);2-5H,11H2,1H3,(H,12,13);1-2H,(H,13,14);1-5H2. The lowest BCUT2D eigenvalue weighted by atomic mass is 10.1. The van der Waals surface area contributed by atoms with E-state index in [0.717, 1.165) is 51.6 Å². The molecule has 2 aliphatic heterocycles. The van der Waals surface area contributed by atoms with Crippen LogP contribution in [0.15, 0.2) is 202 Å². The molecule has 3 amide bonds. The number of aromatic carboxylic acids is 1. The Kier molecular flexibility index (Phi) is 28.8. The van der Waals surface area contributed by atoms with Crippen LogP contribution in [0.1, 0.15) is 105 Å². The van der Waals surface area contributed by atoms with Crippen LogP contribution in [0.4, 0.5) is 81.3 Å². The molecule has 10 N–H and O–H groups in total. The number of H-pyrrole nitrogens is 4. The monoisotopic (exact) mass is 1880 g/mol. The van der Waals surface area contributed by atoms with Crippen molar-refractivity contribution >= 4 is 130 Å². The molecule has 692 valence electrons. The van der Waals surface area contributed by atoms with E-state index >= 15 is 0 Å². The molecule has 0 aliphatic carbocycles. The predicted molar refractivity (Wildman–Crippen MR) is 465 cm³/mol. The quantitative estimate of drug-likeness (QED) is 0.0312. The number of ether oxygens (including phenoxy) is 2. The second-order valence-corrected chi connectivity index (χ2v) is 29.8. The molecule has 2 saturated heterocycles.